The minimum atomic E-state index is -0.290. The molecule has 2 aliphatic carbocycles. The van der Waals surface area contributed by atoms with E-state index in [9.17, 15) is 14.4 Å². The Morgan fingerprint density at radius 2 is 1.94 bits per heavy atom. The number of fused-ring (bicyclic) bond motifs is 1. The summed E-state index contributed by atoms with van der Waals surface area (Å²) >= 11 is 6.07. The second-order valence-corrected chi connectivity index (χ2v) is 9.68. The monoisotopic (exact) mass is 496 g/mol. The number of aromatic nitrogens is 3. The molecule has 2 aliphatic rings. The van der Waals surface area contributed by atoms with Gasteiger partial charge < -0.3 is 14.8 Å². The van der Waals surface area contributed by atoms with E-state index in [2.05, 4.69) is 26.3 Å². The van der Waals surface area contributed by atoms with Gasteiger partial charge in [0.05, 0.1) is 17.4 Å². The fraction of sp³-hybridized carbons (Fsp3) is 0.462. The molecule has 0 amide bonds. The Hall–Kier alpha value is -3.18. The number of hydrogen-bond donors (Lipinski definition) is 1. The second kappa shape index (κ2) is 11.0. The molecule has 3 aromatic rings. The van der Waals surface area contributed by atoms with Crippen molar-refractivity contribution in [1.29, 1.82) is 5.26 Å². The van der Waals surface area contributed by atoms with Gasteiger partial charge in [-0.15, -0.1) is 0 Å². The number of nitrogens with zero attached hydrogens (tertiary/aromatic N) is 5. The van der Waals surface area contributed by atoms with Gasteiger partial charge in [-0.25, -0.2) is 14.4 Å². The molecule has 184 valence electrons. The predicted octanol–water partition coefficient (Wildman–Crippen LogP) is 5.27. The highest BCUT2D eigenvalue weighted by molar-refractivity contribution is 6.29. The van der Waals surface area contributed by atoms with Gasteiger partial charge in [-0.1, -0.05) is 30.9 Å². The smallest absolute Gasteiger partial charge is 0.270 e. The van der Waals surface area contributed by atoms with Crippen LogP contribution in [0, 0.1) is 23.1 Å². The van der Waals surface area contributed by atoms with Gasteiger partial charge in [0.25, 0.3) is 5.56 Å². The normalized spacial score (nSPS) is 15.7. The van der Waals surface area contributed by atoms with Crippen LogP contribution in [0.25, 0.3) is 11.0 Å². The van der Waals surface area contributed by atoms with Crippen molar-refractivity contribution in [3.8, 4) is 6.07 Å². The minimum absolute atomic E-state index is 0.142. The lowest BCUT2D eigenvalue weighted by Gasteiger charge is -2.33. The lowest BCUT2D eigenvalue weighted by molar-refractivity contribution is 0.428. The maximum Gasteiger partial charge on any atom is 0.270 e. The van der Waals surface area contributed by atoms with Crippen LogP contribution in [0.4, 0.5) is 15.9 Å². The van der Waals surface area contributed by atoms with E-state index in [0.29, 0.717) is 27.9 Å². The van der Waals surface area contributed by atoms with Crippen LogP contribution < -0.4 is 15.8 Å². The average Bonchev–Trinajstić information content (AvgIpc) is 3.71. The third-order valence-electron chi connectivity index (χ3n) is 6.76. The average molecular weight is 497 g/mol. The van der Waals surface area contributed by atoms with Crippen molar-refractivity contribution >= 4 is 34.1 Å². The summed E-state index contributed by atoms with van der Waals surface area (Å²) in [4.78, 5) is 22.9. The van der Waals surface area contributed by atoms with Gasteiger partial charge in [0.2, 0.25) is 0 Å². The molecule has 3 aromatic heterocycles. The van der Waals surface area contributed by atoms with Crippen LogP contribution in [0.3, 0.4) is 0 Å². The van der Waals surface area contributed by atoms with Crippen molar-refractivity contribution in [3.05, 3.63) is 57.3 Å². The number of nitrogens with one attached hydrogen (secondary N) is 1. The Kier molecular flexibility index (Phi) is 7.86. The van der Waals surface area contributed by atoms with Gasteiger partial charge in [0, 0.05) is 26.7 Å². The summed E-state index contributed by atoms with van der Waals surface area (Å²) in [6.45, 7) is 0.971. The zero-order chi connectivity index (χ0) is 24.9. The van der Waals surface area contributed by atoms with E-state index in [1.807, 2.05) is 7.05 Å². The maximum absolute atomic E-state index is 12.6. The van der Waals surface area contributed by atoms with Crippen molar-refractivity contribution in [3.63, 3.8) is 0 Å². The number of nitriles is 1. The molecule has 3 heterocycles. The molecule has 35 heavy (non-hydrogen) atoms. The quantitative estimate of drug-likeness (QED) is 0.484. The van der Waals surface area contributed by atoms with Crippen molar-refractivity contribution in [2.45, 2.75) is 51.0 Å². The third-order valence-corrected chi connectivity index (χ3v) is 6.97. The number of anilines is 2. The van der Waals surface area contributed by atoms with Gasteiger partial charge in [0.1, 0.15) is 33.9 Å². The van der Waals surface area contributed by atoms with Crippen LogP contribution in [-0.2, 0) is 7.05 Å². The first-order valence-corrected chi connectivity index (χ1v) is 12.4. The summed E-state index contributed by atoms with van der Waals surface area (Å²) in [6.07, 6.45) is 9.59. The van der Waals surface area contributed by atoms with Gasteiger partial charge >= 0.3 is 0 Å². The summed E-state index contributed by atoms with van der Waals surface area (Å²) in [7, 11) is 3.61. The highest BCUT2D eigenvalue weighted by Crippen LogP contribution is 2.32. The first-order chi connectivity index (χ1) is 16.9. The first kappa shape index (κ1) is 24.9. The van der Waals surface area contributed by atoms with Crippen molar-refractivity contribution < 1.29 is 4.39 Å². The van der Waals surface area contributed by atoms with Crippen molar-refractivity contribution in [1.82, 2.24) is 14.5 Å². The summed E-state index contributed by atoms with van der Waals surface area (Å²) in [5.41, 5.74) is 1.77. The van der Waals surface area contributed by atoms with Crippen LogP contribution in [-0.4, -0.2) is 34.2 Å². The van der Waals surface area contributed by atoms with E-state index in [1.54, 1.807) is 25.2 Å². The number of aryl methyl sites for hydroxylation is 1. The maximum atomic E-state index is 12.6. The van der Waals surface area contributed by atoms with Crippen molar-refractivity contribution in [2.75, 3.05) is 23.8 Å². The van der Waals surface area contributed by atoms with Gasteiger partial charge in [-0.05, 0) is 55.9 Å². The predicted molar refractivity (Wildman–Crippen MR) is 137 cm³/mol. The fourth-order valence-electron chi connectivity index (χ4n) is 4.52. The number of rotatable bonds is 5. The van der Waals surface area contributed by atoms with E-state index >= 15 is 0 Å². The highest BCUT2D eigenvalue weighted by atomic mass is 35.5. The molecule has 0 unspecified atom stereocenters. The molecule has 0 aliphatic heterocycles. The van der Waals surface area contributed by atoms with E-state index in [-0.39, 0.29) is 16.9 Å². The molecule has 0 bridgehead atoms. The van der Waals surface area contributed by atoms with E-state index in [1.165, 1.54) is 48.9 Å². The Bertz CT molecular complexity index is 1280. The fourth-order valence-corrected chi connectivity index (χ4v) is 4.66. The first-order valence-electron chi connectivity index (χ1n) is 12.1. The van der Waals surface area contributed by atoms with E-state index < -0.39 is 0 Å². The highest BCUT2D eigenvalue weighted by Gasteiger charge is 2.25. The molecule has 5 rings (SSSR count). The molecule has 2 saturated carbocycles. The largest absolute Gasteiger partial charge is 0.370 e. The third kappa shape index (κ3) is 5.91. The molecule has 0 saturated heterocycles. The SMILES string of the molecule is CN(c1c(C#N)c(=O)n(C)c2ccc(Cl)nc12)C1CCCCC1.Fc1ccc(NCC2CC2)nc1. The summed E-state index contributed by atoms with van der Waals surface area (Å²) in [5, 5.41) is 13.1. The summed E-state index contributed by atoms with van der Waals surface area (Å²) in [5.74, 6) is 1.30. The molecule has 7 nitrogen and oxygen atoms in total. The topological polar surface area (TPSA) is 86.8 Å². The molecule has 0 aromatic carbocycles. The Morgan fingerprint density at radius 1 is 1.20 bits per heavy atom. The van der Waals surface area contributed by atoms with Gasteiger partial charge in [-0.3, -0.25) is 4.79 Å². The van der Waals surface area contributed by atoms with E-state index in [0.717, 1.165) is 31.1 Å². The summed E-state index contributed by atoms with van der Waals surface area (Å²) < 4.78 is 13.9. The number of halogens is 2. The lowest BCUT2D eigenvalue weighted by atomic mass is 9.93. The standard InChI is InChI=1S/C17H19ClN4O.C9H11FN2/c1-21(11-6-4-3-5-7-11)16-12(10-19)17(23)22(2)13-8-9-14(18)20-15(13)16;10-8-3-4-9(12-6-8)11-5-7-1-2-7/h8-9,11H,3-7H2,1-2H3;3-4,6-7H,1-2,5H2,(H,11,12). The molecule has 0 spiro atoms. The molecule has 0 radical (unpaired) electrons. The Morgan fingerprint density at radius 3 is 2.57 bits per heavy atom. The van der Waals surface area contributed by atoms with Crippen LogP contribution in [0.1, 0.15) is 50.5 Å². The zero-order valence-electron chi connectivity index (χ0n) is 20.1. The van der Waals surface area contributed by atoms with Crippen molar-refractivity contribution in [2.24, 2.45) is 13.0 Å². The molecule has 0 atom stereocenters. The van der Waals surface area contributed by atoms with E-state index in [4.69, 9.17) is 11.6 Å². The van der Waals surface area contributed by atoms with Crippen LogP contribution >= 0.6 is 11.6 Å². The lowest BCUT2D eigenvalue weighted by Crippen LogP contribution is -2.36. The molecular formula is C26H30ClFN6O. The van der Waals surface area contributed by atoms with Crippen LogP contribution in [0.2, 0.25) is 5.15 Å². The number of pyridine rings is 3. The van der Waals surface area contributed by atoms with Crippen LogP contribution in [0.15, 0.2) is 35.3 Å². The minimum Gasteiger partial charge on any atom is -0.370 e. The summed E-state index contributed by atoms with van der Waals surface area (Å²) in [6, 6.07) is 8.94. The van der Waals surface area contributed by atoms with Gasteiger partial charge in [0.15, 0.2) is 0 Å². The molecule has 1 N–H and O–H groups in total. The number of hydrogen-bond acceptors (Lipinski definition) is 6. The molecular weight excluding hydrogens is 467 g/mol. The van der Waals surface area contributed by atoms with Crippen LogP contribution in [0.5, 0.6) is 0 Å². The Balaban J connectivity index is 0.000000201. The molecule has 2 fully saturated rings. The molecule has 9 heteroatoms. The second-order valence-electron chi connectivity index (χ2n) is 9.29. The Labute approximate surface area is 209 Å². The van der Waals surface area contributed by atoms with Gasteiger partial charge in [-0.2, -0.15) is 5.26 Å². The zero-order valence-corrected chi connectivity index (χ0v) is 20.9.